The fraction of sp³-hybridized carbons (Fsp3) is 0.308. The second-order valence-electron chi connectivity index (χ2n) is 4.52. The smallest absolute Gasteiger partial charge is 0.152 e. The van der Waals surface area contributed by atoms with E-state index in [9.17, 15) is 0 Å². The molecule has 2 aromatic heterocycles. The highest BCUT2D eigenvalue weighted by atomic mass is 35.5. The van der Waals surface area contributed by atoms with Crippen LogP contribution in [0.2, 0.25) is 5.02 Å². The average Bonchev–Trinajstić information content (AvgIpc) is 2.97. The Labute approximate surface area is 126 Å². The monoisotopic (exact) mass is 309 g/mol. The predicted octanol–water partition coefficient (Wildman–Crippen LogP) is 2.65. The van der Waals surface area contributed by atoms with Crippen LogP contribution < -0.4 is 0 Å². The summed E-state index contributed by atoms with van der Waals surface area (Å²) < 4.78 is 3.94. The van der Waals surface area contributed by atoms with Crippen LogP contribution in [0.15, 0.2) is 24.5 Å². The molecule has 0 N–H and O–H groups in total. The molecule has 0 saturated heterocycles. The first-order valence-corrected chi connectivity index (χ1v) is 7.14. The van der Waals surface area contributed by atoms with Gasteiger partial charge in [0.2, 0.25) is 0 Å². The third kappa shape index (κ3) is 2.27. The van der Waals surface area contributed by atoms with Crippen LogP contribution >= 0.6 is 23.2 Å². The zero-order valence-corrected chi connectivity index (χ0v) is 12.4. The highest BCUT2D eigenvalue weighted by Crippen LogP contribution is 2.25. The molecule has 0 aliphatic rings. The molecule has 0 aliphatic heterocycles. The summed E-state index contributed by atoms with van der Waals surface area (Å²) in [5, 5.41) is 8.70. The Morgan fingerprint density at radius 3 is 2.80 bits per heavy atom. The molecule has 0 amide bonds. The number of aromatic nitrogens is 5. The summed E-state index contributed by atoms with van der Waals surface area (Å²) in [6.07, 6.45) is 2.36. The van der Waals surface area contributed by atoms with Crippen molar-refractivity contribution < 1.29 is 0 Å². The molecule has 3 rings (SSSR count). The van der Waals surface area contributed by atoms with E-state index >= 15 is 0 Å². The summed E-state index contributed by atoms with van der Waals surface area (Å²) in [5.41, 5.74) is 1.79. The van der Waals surface area contributed by atoms with Crippen LogP contribution in [0, 0.1) is 0 Å². The van der Waals surface area contributed by atoms with Gasteiger partial charge < -0.3 is 9.13 Å². The summed E-state index contributed by atoms with van der Waals surface area (Å²) in [5.74, 6) is 2.27. The molecule has 104 valence electrons. The predicted molar refractivity (Wildman–Crippen MR) is 79.3 cm³/mol. The minimum Gasteiger partial charge on any atom is -0.319 e. The van der Waals surface area contributed by atoms with Crippen LogP contribution in [0.4, 0.5) is 0 Å². The highest BCUT2D eigenvalue weighted by Gasteiger charge is 2.15. The van der Waals surface area contributed by atoms with E-state index in [4.69, 9.17) is 23.2 Å². The van der Waals surface area contributed by atoms with Gasteiger partial charge in [0.15, 0.2) is 5.82 Å². The summed E-state index contributed by atoms with van der Waals surface area (Å²) in [4.78, 5) is 4.61. The largest absolute Gasteiger partial charge is 0.319 e. The second-order valence-corrected chi connectivity index (χ2v) is 5.30. The number of benzene rings is 1. The van der Waals surface area contributed by atoms with E-state index < -0.39 is 0 Å². The van der Waals surface area contributed by atoms with Crippen LogP contribution in [0.3, 0.4) is 0 Å². The highest BCUT2D eigenvalue weighted by molar-refractivity contribution is 6.35. The van der Waals surface area contributed by atoms with Gasteiger partial charge >= 0.3 is 0 Å². The normalized spacial score (nSPS) is 11.3. The Morgan fingerprint density at radius 2 is 2.10 bits per heavy atom. The van der Waals surface area contributed by atoms with Gasteiger partial charge in [-0.25, -0.2) is 4.98 Å². The first kappa shape index (κ1) is 13.4. The van der Waals surface area contributed by atoms with Crippen molar-refractivity contribution in [3.8, 4) is 0 Å². The molecule has 5 nitrogen and oxygen atoms in total. The zero-order valence-electron chi connectivity index (χ0n) is 10.9. The molecule has 20 heavy (non-hydrogen) atoms. The van der Waals surface area contributed by atoms with Crippen molar-refractivity contribution in [2.24, 2.45) is 7.05 Å². The van der Waals surface area contributed by atoms with Gasteiger partial charge in [-0.1, -0.05) is 17.7 Å². The number of fused-ring (bicyclic) bond motifs is 1. The van der Waals surface area contributed by atoms with Gasteiger partial charge in [0.1, 0.15) is 12.2 Å². The molecule has 7 heteroatoms. The van der Waals surface area contributed by atoms with Gasteiger partial charge in [-0.05, 0) is 12.1 Å². The Hall–Kier alpha value is -1.59. The van der Waals surface area contributed by atoms with Crippen molar-refractivity contribution in [1.29, 1.82) is 0 Å². The fourth-order valence-electron chi connectivity index (χ4n) is 2.23. The van der Waals surface area contributed by atoms with Crippen LogP contribution in [-0.4, -0.2) is 30.2 Å². The Morgan fingerprint density at radius 1 is 1.25 bits per heavy atom. The second kappa shape index (κ2) is 5.42. The topological polar surface area (TPSA) is 48.5 Å². The number of alkyl halides is 1. The number of hydrogen-bond donors (Lipinski definition) is 0. The van der Waals surface area contributed by atoms with E-state index in [1.165, 1.54) is 0 Å². The third-order valence-electron chi connectivity index (χ3n) is 3.22. The molecule has 0 saturated carbocycles. The first-order valence-electron chi connectivity index (χ1n) is 6.23. The van der Waals surface area contributed by atoms with Crippen molar-refractivity contribution in [2.45, 2.75) is 13.0 Å². The molecular weight excluding hydrogens is 297 g/mol. The third-order valence-corrected chi connectivity index (χ3v) is 3.71. The average molecular weight is 310 g/mol. The minimum atomic E-state index is 0.514. The quantitative estimate of drug-likeness (QED) is 0.696. The lowest BCUT2D eigenvalue weighted by Gasteiger charge is -2.08. The first-order chi connectivity index (χ1) is 9.70. The van der Waals surface area contributed by atoms with Gasteiger partial charge in [0.25, 0.3) is 0 Å². The molecule has 2 heterocycles. The number of rotatable bonds is 4. The van der Waals surface area contributed by atoms with Gasteiger partial charge in [0.05, 0.1) is 22.6 Å². The lowest BCUT2D eigenvalue weighted by atomic mass is 10.3. The SMILES string of the molecule is Cn1cnnc1Cn1c(CCCl)nc2cccc(Cl)c21. The van der Waals surface area contributed by atoms with Crippen molar-refractivity contribution >= 4 is 34.2 Å². The summed E-state index contributed by atoms with van der Waals surface area (Å²) in [6.45, 7) is 0.572. The van der Waals surface area contributed by atoms with E-state index in [0.29, 0.717) is 23.9 Å². The van der Waals surface area contributed by atoms with Gasteiger partial charge in [-0.15, -0.1) is 21.8 Å². The molecule has 0 radical (unpaired) electrons. The molecule has 0 bridgehead atoms. The molecular formula is C13H13Cl2N5. The number of para-hydroxylation sites is 1. The summed E-state index contributed by atoms with van der Waals surface area (Å²) >= 11 is 12.2. The Kier molecular flexibility index (Phi) is 3.63. The number of aryl methyl sites for hydroxylation is 2. The number of nitrogens with zero attached hydrogens (tertiary/aromatic N) is 5. The van der Waals surface area contributed by atoms with Crippen molar-refractivity contribution in [3.63, 3.8) is 0 Å². The standard InChI is InChI=1S/C13H13Cl2N5/c1-19-8-16-18-12(19)7-20-11(5-6-14)17-10-4-2-3-9(15)13(10)20/h2-4,8H,5-7H2,1H3. The molecule has 0 aliphatic carbocycles. The van der Waals surface area contributed by atoms with Crippen molar-refractivity contribution in [2.75, 3.05) is 5.88 Å². The van der Waals surface area contributed by atoms with Gasteiger partial charge in [0, 0.05) is 19.3 Å². The van der Waals surface area contributed by atoms with E-state index in [2.05, 4.69) is 19.7 Å². The van der Waals surface area contributed by atoms with Crippen molar-refractivity contribution in [1.82, 2.24) is 24.3 Å². The molecule has 0 atom stereocenters. The number of halogens is 2. The van der Waals surface area contributed by atoms with E-state index in [0.717, 1.165) is 22.7 Å². The fourth-order valence-corrected chi connectivity index (χ4v) is 2.67. The summed E-state index contributed by atoms with van der Waals surface area (Å²) in [7, 11) is 1.91. The molecule has 0 unspecified atom stereocenters. The molecule has 0 spiro atoms. The van der Waals surface area contributed by atoms with Gasteiger partial charge in [-0.3, -0.25) is 0 Å². The maximum Gasteiger partial charge on any atom is 0.152 e. The Balaban J connectivity index is 2.15. The number of hydrogen-bond acceptors (Lipinski definition) is 3. The number of imidazole rings is 1. The van der Waals surface area contributed by atoms with Crippen LogP contribution in [0.25, 0.3) is 11.0 Å². The van der Waals surface area contributed by atoms with Gasteiger partial charge in [-0.2, -0.15) is 0 Å². The zero-order chi connectivity index (χ0) is 14.1. The van der Waals surface area contributed by atoms with Crippen molar-refractivity contribution in [3.05, 3.63) is 41.2 Å². The van der Waals surface area contributed by atoms with Crippen LogP contribution in [0.1, 0.15) is 11.6 Å². The lowest BCUT2D eigenvalue weighted by Crippen LogP contribution is -2.10. The van der Waals surface area contributed by atoms with E-state index in [1.54, 1.807) is 6.33 Å². The molecule has 3 aromatic rings. The van der Waals surface area contributed by atoms with Crippen LogP contribution in [0.5, 0.6) is 0 Å². The maximum absolute atomic E-state index is 6.32. The van der Waals surface area contributed by atoms with E-state index in [1.807, 2.05) is 29.8 Å². The van der Waals surface area contributed by atoms with Crippen LogP contribution in [-0.2, 0) is 20.0 Å². The maximum atomic E-state index is 6.32. The Bertz CT molecular complexity index is 746. The molecule has 0 fully saturated rings. The molecule has 1 aromatic carbocycles. The lowest BCUT2D eigenvalue weighted by molar-refractivity contribution is 0.680. The summed E-state index contributed by atoms with van der Waals surface area (Å²) in [6, 6.07) is 5.71. The minimum absolute atomic E-state index is 0.514. The van der Waals surface area contributed by atoms with E-state index in [-0.39, 0.29) is 0 Å².